The van der Waals surface area contributed by atoms with E-state index >= 15 is 0 Å². The fraction of sp³-hybridized carbons (Fsp3) is 0.700. The van der Waals surface area contributed by atoms with Crippen molar-refractivity contribution in [3.05, 3.63) is 48.0 Å². The number of aliphatic hydroxyl groups excluding tert-OH is 1. The summed E-state index contributed by atoms with van der Waals surface area (Å²) in [5.41, 5.74) is 7.27. The van der Waals surface area contributed by atoms with E-state index in [1.807, 2.05) is 25.2 Å². The number of unbranched alkanes of at least 4 members (excludes halogenated alkanes) is 5. The van der Waals surface area contributed by atoms with Crippen molar-refractivity contribution < 1.29 is 15.0 Å². The molecule has 0 radical (unpaired) electrons. The van der Waals surface area contributed by atoms with Crippen LogP contribution in [0.4, 0.5) is 0 Å². The van der Waals surface area contributed by atoms with Crippen molar-refractivity contribution in [2.45, 2.75) is 90.6 Å². The van der Waals surface area contributed by atoms with E-state index in [4.69, 9.17) is 5.73 Å². The first kappa shape index (κ1) is 31.3. The Balaban J connectivity index is 2.93. The summed E-state index contributed by atoms with van der Waals surface area (Å²) in [6.45, 7) is 5.21. The minimum atomic E-state index is -0.908. The van der Waals surface area contributed by atoms with Crippen molar-refractivity contribution in [2.75, 3.05) is 20.1 Å². The maximum atomic E-state index is 12.3. The van der Waals surface area contributed by atoms with Gasteiger partial charge in [0.05, 0.1) is 12.0 Å². The van der Waals surface area contributed by atoms with Gasteiger partial charge in [-0.3, -0.25) is 4.79 Å². The molecule has 0 saturated heterocycles. The van der Waals surface area contributed by atoms with Crippen LogP contribution in [-0.4, -0.2) is 42.4 Å². The second-order valence-corrected chi connectivity index (χ2v) is 10.1. The normalized spacial score (nSPS) is 16.1. The molecule has 0 spiro atoms. The monoisotopic (exact) mass is 488 g/mol. The Morgan fingerprint density at radius 2 is 1.69 bits per heavy atom. The van der Waals surface area contributed by atoms with Gasteiger partial charge < -0.3 is 21.3 Å². The second-order valence-electron chi connectivity index (χ2n) is 10.1. The van der Waals surface area contributed by atoms with Gasteiger partial charge in [-0.15, -0.1) is 0 Å². The Labute approximate surface area is 214 Å². The highest BCUT2D eigenvalue weighted by molar-refractivity contribution is 5.71. The number of rotatable bonds is 21. The Hall–Kier alpha value is -1.69. The van der Waals surface area contributed by atoms with Gasteiger partial charge in [0.2, 0.25) is 0 Å². The van der Waals surface area contributed by atoms with Gasteiger partial charge in [0.1, 0.15) is 0 Å². The number of nitrogens with one attached hydrogen (secondary N) is 1. The molecule has 5 heteroatoms. The average Bonchev–Trinajstić information content (AvgIpc) is 2.83. The summed E-state index contributed by atoms with van der Waals surface area (Å²) in [6.07, 6.45) is 15.5. The van der Waals surface area contributed by atoms with Crippen molar-refractivity contribution in [3.8, 4) is 0 Å². The number of allylic oxidation sites excluding steroid dienone is 2. The average molecular weight is 489 g/mol. The molecule has 0 aromatic heterocycles. The predicted octanol–water partition coefficient (Wildman–Crippen LogP) is 5.81. The van der Waals surface area contributed by atoms with Crippen molar-refractivity contribution in [2.24, 2.45) is 29.4 Å². The lowest BCUT2D eigenvalue weighted by atomic mass is 9.68. The Morgan fingerprint density at radius 3 is 2.26 bits per heavy atom. The minimum absolute atomic E-state index is 0.135. The number of aryl methyl sites for hydroxylation is 1. The van der Waals surface area contributed by atoms with E-state index in [1.165, 1.54) is 31.2 Å². The maximum Gasteiger partial charge on any atom is 0.309 e. The lowest BCUT2D eigenvalue weighted by molar-refractivity contribution is -0.150. The lowest BCUT2D eigenvalue weighted by Gasteiger charge is -2.38. The van der Waals surface area contributed by atoms with Crippen LogP contribution in [-0.2, 0) is 11.2 Å². The summed E-state index contributed by atoms with van der Waals surface area (Å²) in [7, 11) is 1.96. The Bertz CT molecular complexity index is 677. The van der Waals surface area contributed by atoms with E-state index in [0.717, 1.165) is 51.5 Å². The summed E-state index contributed by atoms with van der Waals surface area (Å²) < 4.78 is 0. The second kappa shape index (κ2) is 19.5. The SMILES string of the molecule is CCCCCC/C=C\CCC[C@H](CNC)[C@H](CCN)[C@H](CCc1ccccc1)[C@H](C(=O)O)[C@H](C)O. The molecule has 5 atom stereocenters. The topological polar surface area (TPSA) is 95.6 Å². The molecule has 0 amide bonds. The molecule has 0 aliphatic rings. The predicted molar refractivity (Wildman–Crippen MR) is 147 cm³/mol. The van der Waals surface area contributed by atoms with Crippen LogP contribution in [0.3, 0.4) is 0 Å². The molecule has 0 unspecified atom stereocenters. The molecule has 0 aliphatic heterocycles. The molecule has 1 aromatic carbocycles. The van der Waals surface area contributed by atoms with E-state index in [9.17, 15) is 15.0 Å². The quantitative estimate of drug-likeness (QED) is 0.129. The van der Waals surface area contributed by atoms with Crippen LogP contribution in [0.2, 0.25) is 0 Å². The molecule has 0 bridgehead atoms. The fourth-order valence-electron chi connectivity index (χ4n) is 5.53. The molecule has 200 valence electrons. The number of hydrogen-bond acceptors (Lipinski definition) is 4. The third-order valence-electron chi connectivity index (χ3n) is 7.33. The first-order valence-corrected chi connectivity index (χ1v) is 13.9. The third-order valence-corrected chi connectivity index (χ3v) is 7.33. The van der Waals surface area contributed by atoms with Crippen molar-refractivity contribution >= 4 is 5.97 Å². The molecular weight excluding hydrogens is 436 g/mol. The summed E-state index contributed by atoms with van der Waals surface area (Å²) in [5, 5.41) is 23.9. The number of benzene rings is 1. The van der Waals surface area contributed by atoms with E-state index in [1.54, 1.807) is 6.92 Å². The molecule has 35 heavy (non-hydrogen) atoms. The van der Waals surface area contributed by atoms with Crippen molar-refractivity contribution in [1.29, 1.82) is 0 Å². The molecular formula is C30H52N2O3. The number of aliphatic carboxylic acids is 1. The van der Waals surface area contributed by atoms with Crippen LogP contribution in [0.5, 0.6) is 0 Å². The number of hydrogen-bond donors (Lipinski definition) is 4. The van der Waals surface area contributed by atoms with Crippen LogP contribution in [0.25, 0.3) is 0 Å². The molecule has 5 N–H and O–H groups in total. The van der Waals surface area contributed by atoms with Crippen LogP contribution in [0.1, 0.15) is 83.6 Å². The van der Waals surface area contributed by atoms with Gasteiger partial charge in [-0.25, -0.2) is 0 Å². The smallest absolute Gasteiger partial charge is 0.309 e. The lowest BCUT2D eigenvalue weighted by Crippen LogP contribution is -2.42. The van der Waals surface area contributed by atoms with Gasteiger partial charge in [-0.05, 0) is 102 Å². The minimum Gasteiger partial charge on any atom is -0.481 e. The van der Waals surface area contributed by atoms with Gasteiger partial charge in [0.25, 0.3) is 0 Å². The fourth-order valence-corrected chi connectivity index (χ4v) is 5.53. The Morgan fingerprint density at radius 1 is 1.00 bits per heavy atom. The van der Waals surface area contributed by atoms with Crippen LogP contribution < -0.4 is 11.1 Å². The van der Waals surface area contributed by atoms with E-state index in [-0.39, 0.29) is 11.8 Å². The zero-order valence-corrected chi connectivity index (χ0v) is 22.5. The molecule has 1 rings (SSSR count). The number of nitrogens with two attached hydrogens (primary N) is 1. The molecule has 1 aromatic rings. The van der Waals surface area contributed by atoms with Crippen molar-refractivity contribution in [3.63, 3.8) is 0 Å². The van der Waals surface area contributed by atoms with Crippen LogP contribution in [0, 0.1) is 23.7 Å². The van der Waals surface area contributed by atoms with Gasteiger partial charge in [0, 0.05) is 0 Å². The highest BCUT2D eigenvalue weighted by atomic mass is 16.4. The van der Waals surface area contributed by atoms with Crippen LogP contribution >= 0.6 is 0 Å². The molecule has 0 fully saturated rings. The largest absolute Gasteiger partial charge is 0.481 e. The molecule has 0 aliphatic carbocycles. The van der Waals surface area contributed by atoms with Gasteiger partial charge >= 0.3 is 5.97 Å². The summed E-state index contributed by atoms with van der Waals surface area (Å²) in [6, 6.07) is 10.2. The maximum absolute atomic E-state index is 12.3. The third kappa shape index (κ3) is 12.7. The number of carbonyl (C=O) groups is 1. The van der Waals surface area contributed by atoms with Gasteiger partial charge in [-0.1, -0.05) is 68.7 Å². The van der Waals surface area contributed by atoms with E-state index < -0.39 is 18.0 Å². The molecule has 0 heterocycles. The van der Waals surface area contributed by atoms with E-state index in [0.29, 0.717) is 12.5 Å². The first-order valence-electron chi connectivity index (χ1n) is 13.9. The number of aliphatic hydroxyl groups is 1. The van der Waals surface area contributed by atoms with Crippen LogP contribution in [0.15, 0.2) is 42.5 Å². The standard InChI is InChI=1S/C30H52N2O3/c1-4-5-6-7-8-9-10-11-15-18-26(23-32-3)27(21-22-31)28(29(24(2)33)30(34)35)20-19-25-16-13-12-14-17-25/h9-10,12-14,16-17,24,26-29,32-33H,4-8,11,15,18-23,31H2,1-3H3,(H,34,35)/b10-9-/t24-,26+,27-,28-,29+/m0/s1. The zero-order valence-electron chi connectivity index (χ0n) is 22.5. The first-order chi connectivity index (χ1) is 17.0. The summed E-state index contributed by atoms with van der Waals surface area (Å²) in [5.74, 6) is -1.37. The van der Waals surface area contributed by atoms with Gasteiger partial charge in [-0.2, -0.15) is 0 Å². The van der Waals surface area contributed by atoms with Gasteiger partial charge in [0.15, 0.2) is 0 Å². The molecule has 0 saturated carbocycles. The molecule has 5 nitrogen and oxygen atoms in total. The highest BCUT2D eigenvalue weighted by Gasteiger charge is 2.39. The zero-order chi connectivity index (χ0) is 25.9. The number of carboxylic acid groups (broad SMARTS) is 1. The Kier molecular flexibility index (Phi) is 17.5. The van der Waals surface area contributed by atoms with E-state index in [2.05, 4.69) is 36.5 Å². The summed E-state index contributed by atoms with van der Waals surface area (Å²) >= 11 is 0. The number of carboxylic acids is 1. The van der Waals surface area contributed by atoms with Crippen molar-refractivity contribution in [1.82, 2.24) is 5.32 Å². The summed E-state index contributed by atoms with van der Waals surface area (Å²) in [4.78, 5) is 12.3. The highest BCUT2D eigenvalue weighted by Crippen LogP contribution is 2.37.